The summed E-state index contributed by atoms with van der Waals surface area (Å²) < 4.78 is 11.4. The van der Waals surface area contributed by atoms with Gasteiger partial charge in [-0.3, -0.25) is 9.59 Å². The average molecular weight is 358 g/mol. The number of nitrogens with zero attached hydrogens (tertiary/aromatic N) is 2. The van der Waals surface area contributed by atoms with Crippen LogP contribution in [-0.4, -0.2) is 66.6 Å². The standard InChI is InChI=1S/C20H26N2O4/c1-2-19(23)22-10-11-25-15-17(22)12-20(24)21-9-8-18(13-21)26-14-16-6-4-3-5-7-16/h2-7,17-18H,1,8-15H2/t17?,18-/m0/s1. The van der Waals surface area contributed by atoms with Crippen LogP contribution >= 0.6 is 0 Å². The largest absolute Gasteiger partial charge is 0.377 e. The van der Waals surface area contributed by atoms with Gasteiger partial charge in [0.05, 0.1) is 32.0 Å². The molecule has 0 spiro atoms. The normalized spacial score (nSPS) is 23.1. The highest BCUT2D eigenvalue weighted by atomic mass is 16.5. The first-order chi connectivity index (χ1) is 12.7. The van der Waals surface area contributed by atoms with Gasteiger partial charge in [0.15, 0.2) is 0 Å². The Kier molecular flexibility index (Phi) is 6.41. The second kappa shape index (κ2) is 8.96. The van der Waals surface area contributed by atoms with E-state index in [0.29, 0.717) is 39.5 Å². The van der Waals surface area contributed by atoms with Gasteiger partial charge >= 0.3 is 0 Å². The van der Waals surface area contributed by atoms with Gasteiger partial charge in [0.2, 0.25) is 11.8 Å². The van der Waals surface area contributed by atoms with E-state index < -0.39 is 0 Å². The number of ether oxygens (including phenoxy) is 2. The molecule has 1 aromatic carbocycles. The molecule has 0 bridgehead atoms. The van der Waals surface area contributed by atoms with Crippen LogP contribution in [0.2, 0.25) is 0 Å². The minimum Gasteiger partial charge on any atom is -0.377 e. The summed E-state index contributed by atoms with van der Waals surface area (Å²) in [7, 11) is 0. The monoisotopic (exact) mass is 358 g/mol. The Morgan fingerprint density at radius 1 is 1.27 bits per heavy atom. The first-order valence-electron chi connectivity index (χ1n) is 9.11. The van der Waals surface area contributed by atoms with Gasteiger partial charge in [0.25, 0.3) is 0 Å². The summed E-state index contributed by atoms with van der Waals surface area (Å²) in [6, 6.07) is 9.82. The summed E-state index contributed by atoms with van der Waals surface area (Å²) in [5, 5.41) is 0. The van der Waals surface area contributed by atoms with Crippen LogP contribution in [0.1, 0.15) is 18.4 Å². The number of hydrogen-bond donors (Lipinski definition) is 0. The van der Waals surface area contributed by atoms with Crippen LogP contribution in [0.4, 0.5) is 0 Å². The lowest BCUT2D eigenvalue weighted by Gasteiger charge is -2.35. The van der Waals surface area contributed by atoms with Crippen molar-refractivity contribution in [2.75, 3.05) is 32.8 Å². The van der Waals surface area contributed by atoms with Crippen LogP contribution < -0.4 is 0 Å². The van der Waals surface area contributed by atoms with Crippen molar-refractivity contribution >= 4 is 11.8 Å². The molecule has 2 atom stereocenters. The van der Waals surface area contributed by atoms with E-state index in [2.05, 4.69) is 6.58 Å². The van der Waals surface area contributed by atoms with Crippen molar-refractivity contribution < 1.29 is 19.1 Å². The van der Waals surface area contributed by atoms with Crippen molar-refractivity contribution in [3.8, 4) is 0 Å². The van der Waals surface area contributed by atoms with E-state index >= 15 is 0 Å². The number of carbonyl (C=O) groups is 2. The van der Waals surface area contributed by atoms with Gasteiger partial charge in [0, 0.05) is 26.1 Å². The average Bonchev–Trinajstić information content (AvgIpc) is 3.16. The molecule has 6 nitrogen and oxygen atoms in total. The van der Waals surface area contributed by atoms with Gasteiger partial charge in [-0.15, -0.1) is 0 Å². The Morgan fingerprint density at radius 3 is 2.85 bits per heavy atom. The van der Waals surface area contributed by atoms with Crippen LogP contribution in [0.25, 0.3) is 0 Å². The SMILES string of the molecule is C=CC(=O)N1CCOCC1CC(=O)N1CC[C@H](OCc2ccccc2)C1. The lowest BCUT2D eigenvalue weighted by Crippen LogP contribution is -2.50. The molecule has 2 aliphatic rings. The molecule has 2 amide bonds. The van der Waals surface area contributed by atoms with Crippen molar-refractivity contribution in [1.82, 2.24) is 9.80 Å². The molecule has 2 saturated heterocycles. The minimum absolute atomic E-state index is 0.0492. The summed E-state index contributed by atoms with van der Waals surface area (Å²) in [5.74, 6) is -0.0928. The third kappa shape index (κ3) is 4.71. The Labute approximate surface area is 154 Å². The molecule has 2 fully saturated rings. The van der Waals surface area contributed by atoms with Crippen LogP contribution in [0.3, 0.4) is 0 Å². The molecule has 2 heterocycles. The van der Waals surface area contributed by atoms with Crippen LogP contribution in [0, 0.1) is 0 Å². The van der Waals surface area contributed by atoms with Crippen molar-refractivity contribution in [2.24, 2.45) is 0 Å². The van der Waals surface area contributed by atoms with Gasteiger partial charge in [-0.2, -0.15) is 0 Å². The number of hydrogen-bond acceptors (Lipinski definition) is 4. The topological polar surface area (TPSA) is 59.1 Å². The molecule has 0 aromatic heterocycles. The molecule has 3 rings (SSSR count). The molecule has 6 heteroatoms. The maximum absolute atomic E-state index is 12.6. The predicted molar refractivity (Wildman–Crippen MR) is 97.4 cm³/mol. The highest BCUT2D eigenvalue weighted by Gasteiger charge is 2.32. The number of carbonyl (C=O) groups excluding carboxylic acids is 2. The fourth-order valence-corrected chi connectivity index (χ4v) is 3.44. The highest BCUT2D eigenvalue weighted by molar-refractivity contribution is 5.88. The summed E-state index contributed by atoms with van der Waals surface area (Å²) in [6.45, 7) is 6.81. The summed E-state index contributed by atoms with van der Waals surface area (Å²) in [4.78, 5) is 28.1. The number of amides is 2. The number of benzene rings is 1. The van der Waals surface area contributed by atoms with E-state index in [-0.39, 0.29) is 30.4 Å². The maximum atomic E-state index is 12.6. The number of likely N-dealkylation sites (tertiary alicyclic amines) is 1. The molecule has 0 radical (unpaired) electrons. The molecule has 1 unspecified atom stereocenters. The van der Waals surface area contributed by atoms with Gasteiger partial charge in [-0.05, 0) is 18.1 Å². The Bertz CT molecular complexity index is 634. The summed E-state index contributed by atoms with van der Waals surface area (Å²) >= 11 is 0. The number of morpholine rings is 1. The summed E-state index contributed by atoms with van der Waals surface area (Å²) in [5.41, 5.74) is 1.13. The van der Waals surface area contributed by atoms with E-state index in [1.165, 1.54) is 6.08 Å². The number of rotatable bonds is 6. The minimum atomic E-state index is -0.217. The molecule has 0 aliphatic carbocycles. The zero-order chi connectivity index (χ0) is 18.4. The third-order valence-electron chi connectivity index (χ3n) is 4.92. The molecule has 26 heavy (non-hydrogen) atoms. The van der Waals surface area contributed by atoms with E-state index in [0.717, 1.165) is 12.0 Å². The zero-order valence-corrected chi connectivity index (χ0v) is 15.0. The van der Waals surface area contributed by atoms with Crippen LogP contribution in [-0.2, 0) is 25.7 Å². The predicted octanol–water partition coefficient (Wildman–Crippen LogP) is 1.61. The zero-order valence-electron chi connectivity index (χ0n) is 15.0. The Hall–Kier alpha value is -2.18. The van der Waals surface area contributed by atoms with Gasteiger partial charge in [-0.1, -0.05) is 36.9 Å². The van der Waals surface area contributed by atoms with Gasteiger partial charge < -0.3 is 19.3 Å². The Balaban J connectivity index is 1.47. The molecule has 0 saturated carbocycles. The molecule has 2 aliphatic heterocycles. The molecular formula is C20H26N2O4. The van der Waals surface area contributed by atoms with Crippen molar-refractivity contribution in [2.45, 2.75) is 31.6 Å². The molecular weight excluding hydrogens is 332 g/mol. The highest BCUT2D eigenvalue weighted by Crippen LogP contribution is 2.18. The van der Waals surface area contributed by atoms with Crippen molar-refractivity contribution in [3.05, 3.63) is 48.6 Å². The van der Waals surface area contributed by atoms with Crippen molar-refractivity contribution in [1.29, 1.82) is 0 Å². The molecule has 1 aromatic rings. The smallest absolute Gasteiger partial charge is 0.246 e. The van der Waals surface area contributed by atoms with Crippen LogP contribution in [0.15, 0.2) is 43.0 Å². The summed E-state index contributed by atoms with van der Waals surface area (Å²) in [6.07, 6.45) is 2.49. The first-order valence-corrected chi connectivity index (χ1v) is 9.11. The quantitative estimate of drug-likeness (QED) is 0.725. The lowest BCUT2D eigenvalue weighted by molar-refractivity contribution is -0.140. The van der Waals surface area contributed by atoms with Gasteiger partial charge in [0.1, 0.15) is 0 Å². The fraction of sp³-hybridized carbons (Fsp3) is 0.500. The first kappa shape index (κ1) is 18.6. The molecule has 0 N–H and O–H groups in total. The van der Waals surface area contributed by atoms with Crippen LogP contribution in [0.5, 0.6) is 0 Å². The van der Waals surface area contributed by atoms with Crippen molar-refractivity contribution in [3.63, 3.8) is 0 Å². The third-order valence-corrected chi connectivity index (χ3v) is 4.92. The Morgan fingerprint density at radius 2 is 2.08 bits per heavy atom. The molecule has 140 valence electrons. The van der Waals surface area contributed by atoms with Gasteiger partial charge in [-0.25, -0.2) is 0 Å². The lowest BCUT2D eigenvalue weighted by atomic mass is 10.1. The van der Waals surface area contributed by atoms with E-state index in [1.54, 1.807) is 4.90 Å². The fourth-order valence-electron chi connectivity index (χ4n) is 3.44. The second-order valence-corrected chi connectivity index (χ2v) is 6.72. The van der Waals surface area contributed by atoms with E-state index in [4.69, 9.17) is 9.47 Å². The maximum Gasteiger partial charge on any atom is 0.246 e. The van der Waals surface area contributed by atoms with E-state index in [9.17, 15) is 9.59 Å². The second-order valence-electron chi connectivity index (χ2n) is 6.72. The van der Waals surface area contributed by atoms with E-state index in [1.807, 2.05) is 35.2 Å².